The molecule has 6 heteroatoms. The number of nitrogens with one attached hydrogen (secondary N) is 2. The molecule has 0 radical (unpaired) electrons. The predicted molar refractivity (Wildman–Crippen MR) is 103 cm³/mol. The van der Waals surface area contributed by atoms with E-state index >= 15 is 0 Å². The number of carbonyl (C=O) groups is 1. The van der Waals surface area contributed by atoms with E-state index < -0.39 is 0 Å². The van der Waals surface area contributed by atoms with E-state index in [1.807, 2.05) is 30.5 Å². The number of para-hydroxylation sites is 1. The maximum atomic E-state index is 12.9. The normalized spacial score (nSPS) is 19.6. The number of anilines is 1. The minimum absolute atomic E-state index is 0.110. The van der Waals surface area contributed by atoms with Gasteiger partial charge in [-0.2, -0.15) is 0 Å². The van der Waals surface area contributed by atoms with Crippen LogP contribution in [0.5, 0.6) is 5.75 Å². The van der Waals surface area contributed by atoms with Crippen molar-refractivity contribution in [2.24, 2.45) is 0 Å². The molecule has 0 aliphatic heterocycles. The average Bonchev–Trinajstić information content (AvgIpc) is 2.65. The third kappa shape index (κ3) is 5.14. The van der Waals surface area contributed by atoms with Gasteiger partial charge in [0.1, 0.15) is 11.6 Å². The van der Waals surface area contributed by atoms with Crippen molar-refractivity contribution >= 4 is 23.5 Å². The Morgan fingerprint density at radius 1 is 1.08 bits per heavy atom. The Morgan fingerprint density at radius 2 is 1.77 bits per heavy atom. The standard InChI is InChI=1S/C20H23FN2O2S/c1-26-19-5-3-2-4-18(19)23-20(24)22-15-8-12-17(13-9-15)25-16-10-6-14(21)7-11-16/h2-7,10-11,15,17H,8-9,12-13H2,1H3,(H2,22,23,24). The summed E-state index contributed by atoms with van der Waals surface area (Å²) >= 11 is 1.60. The van der Waals surface area contributed by atoms with Gasteiger partial charge in [0, 0.05) is 10.9 Å². The Bertz CT molecular complexity index is 731. The van der Waals surface area contributed by atoms with E-state index in [1.165, 1.54) is 12.1 Å². The van der Waals surface area contributed by atoms with Crippen LogP contribution < -0.4 is 15.4 Å². The zero-order valence-electron chi connectivity index (χ0n) is 14.7. The first-order valence-corrected chi connectivity index (χ1v) is 9.99. The fourth-order valence-electron chi connectivity index (χ4n) is 3.12. The molecule has 2 aromatic rings. The van der Waals surface area contributed by atoms with Crippen LogP contribution in [0.2, 0.25) is 0 Å². The number of ether oxygens (including phenoxy) is 1. The molecule has 2 N–H and O–H groups in total. The third-order valence-corrected chi connectivity index (χ3v) is 5.28. The molecule has 26 heavy (non-hydrogen) atoms. The number of rotatable bonds is 5. The van der Waals surface area contributed by atoms with E-state index in [0.717, 1.165) is 36.3 Å². The molecule has 0 spiro atoms. The molecule has 3 rings (SSSR count). The van der Waals surface area contributed by atoms with Crippen LogP contribution in [-0.4, -0.2) is 24.4 Å². The summed E-state index contributed by atoms with van der Waals surface area (Å²) < 4.78 is 18.8. The number of urea groups is 1. The monoisotopic (exact) mass is 374 g/mol. The zero-order valence-corrected chi connectivity index (χ0v) is 15.5. The predicted octanol–water partition coefficient (Wildman–Crippen LogP) is 5.06. The van der Waals surface area contributed by atoms with Gasteiger partial charge < -0.3 is 15.4 Å². The molecular weight excluding hydrogens is 351 g/mol. The lowest BCUT2D eigenvalue weighted by atomic mass is 9.93. The summed E-state index contributed by atoms with van der Waals surface area (Å²) in [5.41, 5.74) is 0.825. The number of hydrogen-bond acceptors (Lipinski definition) is 3. The number of halogens is 1. The molecule has 1 aliphatic rings. The van der Waals surface area contributed by atoms with E-state index in [4.69, 9.17) is 4.74 Å². The Morgan fingerprint density at radius 3 is 2.46 bits per heavy atom. The van der Waals surface area contributed by atoms with E-state index in [1.54, 1.807) is 23.9 Å². The van der Waals surface area contributed by atoms with Gasteiger partial charge in [0.25, 0.3) is 0 Å². The first-order valence-electron chi connectivity index (χ1n) is 8.77. The molecule has 0 bridgehead atoms. The number of thioether (sulfide) groups is 1. The van der Waals surface area contributed by atoms with Crippen molar-refractivity contribution in [1.82, 2.24) is 5.32 Å². The molecule has 0 unspecified atom stereocenters. The van der Waals surface area contributed by atoms with Gasteiger partial charge >= 0.3 is 6.03 Å². The highest BCUT2D eigenvalue weighted by Gasteiger charge is 2.23. The summed E-state index contributed by atoms with van der Waals surface area (Å²) in [5.74, 6) is 0.425. The Labute approximate surface area is 157 Å². The molecule has 1 fully saturated rings. The van der Waals surface area contributed by atoms with E-state index in [9.17, 15) is 9.18 Å². The Kier molecular flexibility index (Phi) is 6.39. The van der Waals surface area contributed by atoms with Crippen molar-refractivity contribution in [3.63, 3.8) is 0 Å². The maximum Gasteiger partial charge on any atom is 0.319 e. The molecule has 2 aromatic carbocycles. The third-order valence-electron chi connectivity index (χ3n) is 4.48. The fourth-order valence-corrected chi connectivity index (χ4v) is 3.68. The number of amides is 2. The zero-order chi connectivity index (χ0) is 18.4. The molecular formula is C20H23FN2O2S. The lowest BCUT2D eigenvalue weighted by Crippen LogP contribution is -2.41. The van der Waals surface area contributed by atoms with E-state index in [2.05, 4.69) is 10.6 Å². The molecule has 0 aromatic heterocycles. The van der Waals surface area contributed by atoms with Crippen LogP contribution >= 0.6 is 11.8 Å². The van der Waals surface area contributed by atoms with Gasteiger partial charge in [-0.15, -0.1) is 11.8 Å². The second kappa shape index (κ2) is 8.94. The van der Waals surface area contributed by atoms with E-state index in [0.29, 0.717) is 5.75 Å². The Hall–Kier alpha value is -2.21. The smallest absolute Gasteiger partial charge is 0.319 e. The van der Waals surface area contributed by atoms with Crippen molar-refractivity contribution in [2.75, 3.05) is 11.6 Å². The highest BCUT2D eigenvalue weighted by atomic mass is 32.2. The SMILES string of the molecule is CSc1ccccc1NC(=O)NC1CCC(Oc2ccc(F)cc2)CC1. The van der Waals surface area contributed by atoms with Crippen molar-refractivity contribution in [1.29, 1.82) is 0 Å². The van der Waals surface area contributed by atoms with Gasteiger partial charge in [0.15, 0.2) is 0 Å². The molecule has 0 heterocycles. The molecule has 1 saturated carbocycles. The van der Waals surface area contributed by atoms with Gasteiger partial charge in [-0.05, 0) is 68.3 Å². The van der Waals surface area contributed by atoms with Gasteiger partial charge in [0.2, 0.25) is 0 Å². The van der Waals surface area contributed by atoms with Crippen molar-refractivity contribution in [3.05, 3.63) is 54.3 Å². The highest BCUT2D eigenvalue weighted by molar-refractivity contribution is 7.98. The van der Waals surface area contributed by atoms with Gasteiger partial charge in [-0.3, -0.25) is 0 Å². The fraction of sp³-hybridized carbons (Fsp3) is 0.350. The summed E-state index contributed by atoms with van der Waals surface area (Å²) in [5, 5.41) is 5.97. The molecule has 138 valence electrons. The quantitative estimate of drug-likeness (QED) is 0.719. The van der Waals surface area contributed by atoms with E-state index in [-0.39, 0.29) is 24.0 Å². The van der Waals surface area contributed by atoms with Gasteiger partial charge in [-0.25, -0.2) is 9.18 Å². The van der Waals surface area contributed by atoms with Crippen LogP contribution in [0.4, 0.5) is 14.9 Å². The largest absolute Gasteiger partial charge is 0.490 e. The van der Waals surface area contributed by atoms with Crippen molar-refractivity contribution in [2.45, 2.75) is 42.7 Å². The van der Waals surface area contributed by atoms with Crippen molar-refractivity contribution in [3.8, 4) is 5.75 Å². The highest BCUT2D eigenvalue weighted by Crippen LogP contribution is 2.26. The Balaban J connectivity index is 1.44. The minimum atomic E-state index is -0.265. The molecule has 0 atom stereocenters. The van der Waals surface area contributed by atoms with Crippen LogP contribution in [0.15, 0.2) is 53.4 Å². The lowest BCUT2D eigenvalue weighted by molar-refractivity contribution is 0.141. The van der Waals surface area contributed by atoms with Crippen molar-refractivity contribution < 1.29 is 13.9 Å². The molecule has 4 nitrogen and oxygen atoms in total. The average molecular weight is 374 g/mol. The minimum Gasteiger partial charge on any atom is -0.490 e. The first-order chi connectivity index (χ1) is 12.6. The van der Waals surface area contributed by atoms with Gasteiger partial charge in [0.05, 0.1) is 11.8 Å². The summed E-state index contributed by atoms with van der Waals surface area (Å²) in [4.78, 5) is 13.3. The summed E-state index contributed by atoms with van der Waals surface area (Å²) in [7, 11) is 0. The lowest BCUT2D eigenvalue weighted by Gasteiger charge is -2.29. The second-order valence-corrected chi connectivity index (χ2v) is 7.19. The number of hydrogen-bond donors (Lipinski definition) is 2. The summed E-state index contributed by atoms with van der Waals surface area (Å²) in [6.45, 7) is 0. The molecule has 1 aliphatic carbocycles. The second-order valence-electron chi connectivity index (χ2n) is 6.34. The summed E-state index contributed by atoms with van der Waals surface area (Å²) in [6.07, 6.45) is 5.56. The van der Waals surface area contributed by atoms with Crippen LogP contribution in [0.1, 0.15) is 25.7 Å². The van der Waals surface area contributed by atoms with Crippen LogP contribution in [0.3, 0.4) is 0 Å². The first kappa shape index (κ1) is 18.6. The van der Waals surface area contributed by atoms with Gasteiger partial charge in [-0.1, -0.05) is 12.1 Å². The van der Waals surface area contributed by atoms with Crippen LogP contribution in [0.25, 0.3) is 0 Å². The number of carbonyl (C=O) groups excluding carboxylic acids is 1. The molecule has 0 saturated heterocycles. The van der Waals surface area contributed by atoms with Crippen LogP contribution in [0, 0.1) is 5.82 Å². The maximum absolute atomic E-state index is 12.9. The number of benzene rings is 2. The molecule has 2 amide bonds. The van der Waals surface area contributed by atoms with Crippen LogP contribution in [-0.2, 0) is 0 Å². The topological polar surface area (TPSA) is 50.4 Å². The summed E-state index contributed by atoms with van der Waals surface area (Å²) in [6, 6.07) is 13.8.